The number of carbonyl (C=O) groups is 1. The normalized spacial score (nSPS) is 38.5. The highest BCUT2D eigenvalue weighted by Crippen LogP contribution is 2.36. The summed E-state index contributed by atoms with van der Waals surface area (Å²) in [6.45, 7) is 0.0817. The molecular weight excluding hydrogens is 216 g/mol. The molecule has 1 aliphatic heterocycles. The second kappa shape index (κ2) is 4.25. The number of rotatable bonds is 3. The van der Waals surface area contributed by atoms with Gasteiger partial charge in [-0.3, -0.25) is 4.79 Å². The minimum absolute atomic E-state index is 0.0212. The Kier molecular flexibility index (Phi) is 2.87. The molecule has 0 bridgehead atoms. The maximum Gasteiger partial charge on any atom is 0.237 e. The topological polar surface area (TPSA) is 61.4 Å². The molecule has 3 fully saturated rings. The van der Waals surface area contributed by atoms with E-state index in [0.29, 0.717) is 12.0 Å². The van der Waals surface area contributed by atoms with Crippen molar-refractivity contribution in [1.82, 2.24) is 10.6 Å². The lowest BCUT2D eigenvalue weighted by atomic mass is 9.85. The summed E-state index contributed by atoms with van der Waals surface area (Å²) in [7, 11) is 0. The summed E-state index contributed by atoms with van der Waals surface area (Å²) in [5.41, 5.74) is -0.271. The van der Waals surface area contributed by atoms with Gasteiger partial charge >= 0.3 is 0 Å². The van der Waals surface area contributed by atoms with E-state index >= 15 is 0 Å². The van der Waals surface area contributed by atoms with Crippen molar-refractivity contribution in [3.8, 4) is 0 Å². The molecule has 3 unspecified atom stereocenters. The first kappa shape index (κ1) is 11.5. The van der Waals surface area contributed by atoms with Gasteiger partial charge in [-0.05, 0) is 38.0 Å². The van der Waals surface area contributed by atoms with Crippen LogP contribution < -0.4 is 10.6 Å². The SMILES string of the molecule is O=C(NC1(CO)CC1)C1CC2CCCCC2N1. The van der Waals surface area contributed by atoms with Crippen molar-refractivity contribution >= 4 is 5.91 Å². The summed E-state index contributed by atoms with van der Waals surface area (Å²) < 4.78 is 0. The predicted molar refractivity (Wildman–Crippen MR) is 64.5 cm³/mol. The van der Waals surface area contributed by atoms with E-state index < -0.39 is 0 Å². The maximum absolute atomic E-state index is 12.1. The predicted octanol–water partition coefficient (Wildman–Crippen LogP) is 0.548. The van der Waals surface area contributed by atoms with E-state index in [0.717, 1.165) is 19.3 Å². The first-order valence-electron chi connectivity index (χ1n) is 6.91. The maximum atomic E-state index is 12.1. The Morgan fingerprint density at radius 1 is 1.35 bits per heavy atom. The molecule has 1 heterocycles. The van der Waals surface area contributed by atoms with Gasteiger partial charge < -0.3 is 15.7 Å². The van der Waals surface area contributed by atoms with Crippen LogP contribution >= 0.6 is 0 Å². The molecule has 4 nitrogen and oxygen atoms in total. The van der Waals surface area contributed by atoms with Crippen LogP contribution in [0.5, 0.6) is 0 Å². The van der Waals surface area contributed by atoms with E-state index in [9.17, 15) is 9.90 Å². The molecule has 96 valence electrons. The zero-order valence-electron chi connectivity index (χ0n) is 10.2. The van der Waals surface area contributed by atoms with Crippen molar-refractivity contribution in [1.29, 1.82) is 0 Å². The van der Waals surface area contributed by atoms with E-state index in [2.05, 4.69) is 10.6 Å². The van der Waals surface area contributed by atoms with Gasteiger partial charge in [0.2, 0.25) is 5.91 Å². The molecular formula is C13H22N2O2. The van der Waals surface area contributed by atoms with E-state index in [4.69, 9.17) is 0 Å². The second-order valence-electron chi connectivity index (χ2n) is 6.03. The fourth-order valence-corrected chi connectivity index (χ4v) is 3.34. The molecule has 0 radical (unpaired) electrons. The number of nitrogens with one attached hydrogen (secondary N) is 2. The van der Waals surface area contributed by atoms with Crippen LogP contribution in [0.25, 0.3) is 0 Å². The van der Waals surface area contributed by atoms with Gasteiger partial charge in [-0.25, -0.2) is 0 Å². The first-order valence-corrected chi connectivity index (χ1v) is 6.91. The highest BCUT2D eigenvalue weighted by molar-refractivity contribution is 5.83. The van der Waals surface area contributed by atoms with Gasteiger partial charge in [-0.1, -0.05) is 12.8 Å². The molecule has 0 aromatic heterocycles. The Bertz CT molecular complexity index is 301. The smallest absolute Gasteiger partial charge is 0.237 e. The molecule has 1 amide bonds. The summed E-state index contributed by atoms with van der Waals surface area (Å²) in [5, 5.41) is 15.7. The third kappa shape index (κ3) is 2.20. The third-order valence-corrected chi connectivity index (χ3v) is 4.72. The monoisotopic (exact) mass is 238 g/mol. The number of amides is 1. The van der Waals surface area contributed by atoms with Crippen LogP contribution in [0.15, 0.2) is 0 Å². The Morgan fingerprint density at radius 3 is 2.76 bits per heavy atom. The summed E-state index contributed by atoms with van der Waals surface area (Å²) in [4.78, 5) is 12.1. The zero-order chi connectivity index (χ0) is 11.9. The molecule has 0 aromatic rings. The van der Waals surface area contributed by atoms with Crippen molar-refractivity contribution in [3.63, 3.8) is 0 Å². The van der Waals surface area contributed by atoms with Crippen molar-refractivity contribution < 1.29 is 9.90 Å². The number of hydrogen-bond donors (Lipinski definition) is 3. The highest BCUT2D eigenvalue weighted by Gasteiger charge is 2.46. The molecule has 17 heavy (non-hydrogen) atoms. The van der Waals surface area contributed by atoms with Gasteiger partial charge in [0.25, 0.3) is 0 Å². The molecule has 3 atom stereocenters. The van der Waals surface area contributed by atoms with Crippen molar-refractivity contribution in [2.75, 3.05) is 6.61 Å². The fourth-order valence-electron chi connectivity index (χ4n) is 3.34. The molecule has 4 heteroatoms. The Hall–Kier alpha value is -0.610. The van der Waals surface area contributed by atoms with Crippen LogP contribution in [0.3, 0.4) is 0 Å². The minimum Gasteiger partial charge on any atom is -0.394 e. The third-order valence-electron chi connectivity index (χ3n) is 4.72. The molecule has 0 spiro atoms. The standard InChI is InChI=1S/C13H22N2O2/c16-8-13(5-6-13)15-12(17)11-7-9-3-1-2-4-10(9)14-11/h9-11,14,16H,1-8H2,(H,15,17). The molecule has 3 N–H and O–H groups in total. The van der Waals surface area contributed by atoms with Gasteiger partial charge in [0.05, 0.1) is 18.2 Å². The number of hydrogen-bond acceptors (Lipinski definition) is 3. The van der Waals surface area contributed by atoms with Crippen molar-refractivity contribution in [2.24, 2.45) is 5.92 Å². The van der Waals surface area contributed by atoms with Gasteiger partial charge in [-0.2, -0.15) is 0 Å². The molecule has 2 saturated carbocycles. The van der Waals surface area contributed by atoms with Crippen molar-refractivity contribution in [3.05, 3.63) is 0 Å². The molecule has 2 aliphatic carbocycles. The Labute approximate surface area is 102 Å². The fraction of sp³-hybridized carbons (Fsp3) is 0.923. The van der Waals surface area contributed by atoms with Crippen LogP contribution in [0.1, 0.15) is 44.9 Å². The quantitative estimate of drug-likeness (QED) is 0.673. The molecule has 3 rings (SSSR count). The second-order valence-corrected chi connectivity index (χ2v) is 6.03. The zero-order valence-corrected chi connectivity index (χ0v) is 10.2. The van der Waals surface area contributed by atoms with Crippen LogP contribution in [-0.2, 0) is 4.79 Å². The lowest BCUT2D eigenvalue weighted by Crippen LogP contribution is -2.49. The Balaban J connectivity index is 1.56. The van der Waals surface area contributed by atoms with Gasteiger partial charge in [0.1, 0.15) is 0 Å². The van der Waals surface area contributed by atoms with Crippen LogP contribution in [0, 0.1) is 5.92 Å². The van der Waals surface area contributed by atoms with Crippen LogP contribution in [0.2, 0.25) is 0 Å². The summed E-state index contributed by atoms with van der Waals surface area (Å²) in [6, 6.07) is 0.538. The number of carbonyl (C=O) groups excluding carboxylic acids is 1. The summed E-state index contributed by atoms with van der Waals surface area (Å²) in [6.07, 6.45) is 7.94. The van der Waals surface area contributed by atoms with Crippen LogP contribution in [0.4, 0.5) is 0 Å². The number of fused-ring (bicyclic) bond motifs is 1. The number of aliphatic hydroxyl groups excluding tert-OH is 1. The average molecular weight is 238 g/mol. The highest BCUT2D eigenvalue weighted by atomic mass is 16.3. The van der Waals surface area contributed by atoms with E-state index in [1.54, 1.807) is 0 Å². The van der Waals surface area contributed by atoms with E-state index in [-0.39, 0.29) is 24.1 Å². The molecule has 3 aliphatic rings. The van der Waals surface area contributed by atoms with Crippen LogP contribution in [-0.4, -0.2) is 35.2 Å². The van der Waals surface area contributed by atoms with E-state index in [1.165, 1.54) is 25.7 Å². The van der Waals surface area contributed by atoms with E-state index in [1.807, 2.05) is 0 Å². The number of aliphatic hydroxyl groups is 1. The first-order chi connectivity index (χ1) is 8.22. The molecule has 1 saturated heterocycles. The van der Waals surface area contributed by atoms with Gasteiger partial charge in [0, 0.05) is 6.04 Å². The van der Waals surface area contributed by atoms with Gasteiger partial charge in [0.15, 0.2) is 0 Å². The van der Waals surface area contributed by atoms with Crippen molar-refractivity contribution in [2.45, 2.75) is 62.6 Å². The lowest BCUT2D eigenvalue weighted by molar-refractivity contribution is -0.124. The minimum atomic E-state index is -0.271. The lowest BCUT2D eigenvalue weighted by Gasteiger charge is -2.24. The largest absolute Gasteiger partial charge is 0.394 e. The van der Waals surface area contributed by atoms with Gasteiger partial charge in [-0.15, -0.1) is 0 Å². The molecule has 0 aromatic carbocycles. The average Bonchev–Trinajstić information content (AvgIpc) is 2.98. The Morgan fingerprint density at radius 2 is 2.12 bits per heavy atom. The summed E-state index contributed by atoms with van der Waals surface area (Å²) >= 11 is 0. The summed E-state index contributed by atoms with van der Waals surface area (Å²) in [5.74, 6) is 0.801.